The van der Waals surface area contributed by atoms with E-state index in [-0.39, 0.29) is 36.3 Å². The van der Waals surface area contributed by atoms with E-state index in [4.69, 9.17) is 14.0 Å². The molecule has 0 aromatic rings. The minimum atomic E-state index is -4.36. The molecule has 0 saturated heterocycles. The van der Waals surface area contributed by atoms with E-state index in [1.165, 1.54) is 7.11 Å². The zero-order valence-corrected chi connectivity index (χ0v) is 8.41. The molecular formula is C10H30O6S. The van der Waals surface area contributed by atoms with Gasteiger partial charge in [0.1, 0.15) is 0 Å². The minimum absolute atomic E-state index is 0. The lowest BCUT2D eigenvalue weighted by Crippen LogP contribution is -2.20. The third-order valence-electron chi connectivity index (χ3n) is 1.14. The first-order valence-electron chi connectivity index (χ1n) is 3.68. The van der Waals surface area contributed by atoms with Gasteiger partial charge in [0, 0.05) is 7.11 Å². The van der Waals surface area contributed by atoms with Crippen LogP contribution in [0.1, 0.15) is 36.6 Å². The van der Waals surface area contributed by atoms with Crippen LogP contribution in [-0.2, 0) is 24.1 Å². The fourth-order valence-corrected chi connectivity index (χ4v) is 0.926. The summed E-state index contributed by atoms with van der Waals surface area (Å²) < 4.78 is 42.3. The molecule has 6 nitrogen and oxygen atoms in total. The Bertz CT molecular complexity index is 215. The molecule has 1 N–H and O–H groups in total. The van der Waals surface area contributed by atoms with Crippen LogP contribution in [-0.4, -0.2) is 46.0 Å². The van der Waals surface area contributed by atoms with E-state index in [1.54, 1.807) is 6.92 Å². The summed E-state index contributed by atoms with van der Waals surface area (Å²) in [7, 11) is -2.83. The molecule has 1 unspecified atom stereocenters. The molecule has 0 heterocycles. The zero-order chi connectivity index (χ0) is 10.3. The van der Waals surface area contributed by atoms with Crippen LogP contribution in [0.25, 0.3) is 0 Å². The summed E-state index contributed by atoms with van der Waals surface area (Å²) in [4.78, 5) is 0. The topological polar surface area (TPSA) is 82.1 Å². The highest BCUT2D eigenvalue weighted by atomic mass is 32.3. The minimum Gasteiger partial charge on any atom is -0.382 e. The lowest BCUT2D eigenvalue weighted by molar-refractivity contribution is 0.00345. The molecule has 7 heteroatoms. The van der Waals surface area contributed by atoms with Crippen molar-refractivity contribution in [2.24, 2.45) is 0 Å². The van der Waals surface area contributed by atoms with Crippen LogP contribution < -0.4 is 0 Å². The number of ether oxygens (including phenoxy) is 2. The highest BCUT2D eigenvalue weighted by Crippen LogP contribution is 1.95. The fourth-order valence-electron chi connectivity index (χ4n) is 0.563. The summed E-state index contributed by atoms with van der Waals surface area (Å²) in [6, 6.07) is 0. The highest BCUT2D eigenvalue weighted by molar-refractivity contribution is 7.80. The average molecular weight is 278 g/mol. The molecule has 0 aliphatic heterocycles. The largest absolute Gasteiger partial charge is 0.397 e. The van der Waals surface area contributed by atoms with Gasteiger partial charge in [-0.2, -0.15) is 8.42 Å². The van der Waals surface area contributed by atoms with Crippen LogP contribution >= 0.6 is 0 Å². The van der Waals surface area contributed by atoms with E-state index in [0.29, 0.717) is 13.2 Å². The Morgan fingerprint density at radius 1 is 1.12 bits per heavy atom. The molecule has 112 valence electrons. The van der Waals surface area contributed by atoms with E-state index in [0.717, 1.165) is 0 Å². The molecule has 1 atom stereocenters. The van der Waals surface area contributed by atoms with Gasteiger partial charge in [0.25, 0.3) is 0 Å². The third kappa shape index (κ3) is 25.8. The molecule has 0 radical (unpaired) electrons. The van der Waals surface area contributed by atoms with Gasteiger partial charge in [-0.1, -0.05) is 29.7 Å². The van der Waals surface area contributed by atoms with Crippen molar-refractivity contribution in [2.45, 2.75) is 42.7 Å². The van der Waals surface area contributed by atoms with Crippen LogP contribution in [0.4, 0.5) is 0 Å². The molecular weight excluding hydrogens is 248 g/mol. The predicted octanol–water partition coefficient (Wildman–Crippen LogP) is 2.40. The predicted molar refractivity (Wildman–Crippen MR) is 71.7 cm³/mol. The number of hydrogen-bond acceptors (Lipinski definition) is 5. The van der Waals surface area contributed by atoms with Crippen LogP contribution in [0.2, 0.25) is 0 Å². The van der Waals surface area contributed by atoms with Crippen LogP contribution in [0.15, 0.2) is 0 Å². The first-order chi connectivity index (χ1) is 5.95. The first-order valence-corrected chi connectivity index (χ1v) is 5.04. The Morgan fingerprint density at radius 2 is 1.59 bits per heavy atom. The van der Waals surface area contributed by atoms with Gasteiger partial charge in [-0.3, -0.25) is 4.55 Å². The summed E-state index contributed by atoms with van der Waals surface area (Å²) in [6.07, 6.45) is -0.405. The maximum Gasteiger partial charge on any atom is 0.397 e. The fraction of sp³-hybridized carbons (Fsp3) is 1.00. The number of methoxy groups -OCH3 is 1. The van der Waals surface area contributed by atoms with E-state index < -0.39 is 16.5 Å². The summed E-state index contributed by atoms with van der Waals surface area (Å²) in [6.45, 7) is 2.20. The molecule has 0 aliphatic rings. The molecule has 0 aliphatic carbocycles. The summed E-state index contributed by atoms with van der Waals surface area (Å²) >= 11 is 0. The standard InChI is InChI=1S/C6H14O6S.4CH4/c1-6(11-4-3-10-2)5-12-13(7,8)9;;;;/h6H,3-5H2,1-2H3,(H,7,8,9);4*1H4. The van der Waals surface area contributed by atoms with Crippen molar-refractivity contribution in [3.8, 4) is 0 Å². The molecule has 17 heavy (non-hydrogen) atoms. The second-order valence-corrected chi connectivity index (χ2v) is 3.48. The van der Waals surface area contributed by atoms with E-state index in [2.05, 4.69) is 4.18 Å². The smallest absolute Gasteiger partial charge is 0.382 e. The van der Waals surface area contributed by atoms with E-state index in [9.17, 15) is 8.42 Å². The van der Waals surface area contributed by atoms with Crippen molar-refractivity contribution >= 4 is 10.4 Å². The Hall–Kier alpha value is -0.210. The lowest BCUT2D eigenvalue weighted by Gasteiger charge is -2.10. The molecule has 0 aromatic heterocycles. The molecule has 0 bridgehead atoms. The van der Waals surface area contributed by atoms with E-state index in [1.807, 2.05) is 0 Å². The van der Waals surface area contributed by atoms with Gasteiger partial charge < -0.3 is 9.47 Å². The zero-order valence-electron chi connectivity index (χ0n) is 7.60. The Balaban J connectivity index is -0.000000120. The monoisotopic (exact) mass is 278 g/mol. The normalized spacial score (nSPS) is 11.0. The second-order valence-electron chi connectivity index (χ2n) is 2.39. The van der Waals surface area contributed by atoms with Gasteiger partial charge in [-0.25, -0.2) is 4.18 Å². The Kier molecular flexibility index (Phi) is 28.0. The Labute approximate surface area is 107 Å². The van der Waals surface area contributed by atoms with Gasteiger partial charge in [0.05, 0.1) is 25.9 Å². The molecule has 0 amide bonds. The molecule has 0 spiro atoms. The first kappa shape index (κ1) is 30.1. The van der Waals surface area contributed by atoms with Gasteiger partial charge in [0.2, 0.25) is 0 Å². The average Bonchev–Trinajstić information content (AvgIpc) is 2.00. The highest BCUT2D eigenvalue weighted by Gasteiger charge is 2.08. The third-order valence-corrected chi connectivity index (χ3v) is 1.58. The number of rotatable bonds is 7. The van der Waals surface area contributed by atoms with Gasteiger partial charge in [-0.15, -0.1) is 0 Å². The molecule has 0 saturated carbocycles. The van der Waals surface area contributed by atoms with Crippen LogP contribution in [0.3, 0.4) is 0 Å². The second kappa shape index (κ2) is 15.8. The summed E-state index contributed by atoms with van der Waals surface area (Å²) in [5.41, 5.74) is 0. The Morgan fingerprint density at radius 3 is 1.94 bits per heavy atom. The van der Waals surface area contributed by atoms with Crippen molar-refractivity contribution in [2.75, 3.05) is 26.9 Å². The maximum atomic E-state index is 10.1. The van der Waals surface area contributed by atoms with Crippen LogP contribution in [0, 0.1) is 0 Å². The van der Waals surface area contributed by atoms with Crippen molar-refractivity contribution in [3.63, 3.8) is 0 Å². The lowest BCUT2D eigenvalue weighted by atomic mass is 10.4. The SMILES string of the molecule is C.C.C.C.COCCOC(C)COS(=O)(=O)O. The van der Waals surface area contributed by atoms with Gasteiger partial charge in [0.15, 0.2) is 0 Å². The summed E-state index contributed by atoms with van der Waals surface area (Å²) in [5.74, 6) is 0. The van der Waals surface area contributed by atoms with Crippen LogP contribution in [0.5, 0.6) is 0 Å². The number of hydrogen-bond donors (Lipinski definition) is 1. The van der Waals surface area contributed by atoms with Gasteiger partial charge in [-0.05, 0) is 6.92 Å². The maximum absolute atomic E-state index is 10.1. The van der Waals surface area contributed by atoms with Gasteiger partial charge >= 0.3 is 10.4 Å². The molecule has 0 rings (SSSR count). The van der Waals surface area contributed by atoms with Crippen molar-refractivity contribution in [3.05, 3.63) is 0 Å². The molecule has 0 aromatic carbocycles. The molecule has 0 fully saturated rings. The quantitative estimate of drug-likeness (QED) is 0.569. The van der Waals surface area contributed by atoms with E-state index >= 15 is 0 Å². The van der Waals surface area contributed by atoms with Crippen molar-refractivity contribution in [1.29, 1.82) is 0 Å². The summed E-state index contributed by atoms with van der Waals surface area (Å²) in [5, 5.41) is 0. The van der Waals surface area contributed by atoms with Crippen molar-refractivity contribution < 1.29 is 26.6 Å². The van der Waals surface area contributed by atoms with Crippen molar-refractivity contribution in [1.82, 2.24) is 0 Å².